The first-order valence-corrected chi connectivity index (χ1v) is 7.64. The Morgan fingerprint density at radius 1 is 1.25 bits per heavy atom. The smallest absolute Gasteiger partial charge is 0.266 e. The highest BCUT2D eigenvalue weighted by molar-refractivity contribution is 7.21. The average molecular weight is 289 g/mol. The zero-order chi connectivity index (χ0) is 14.3. The van der Waals surface area contributed by atoms with Crippen LogP contribution < -0.4 is 5.73 Å². The molecule has 1 aromatic carbocycles. The molecule has 0 atom stereocenters. The maximum atomic E-state index is 12.6. The number of nitrogen functional groups attached to an aromatic ring is 1. The minimum Gasteiger partial charge on any atom is -0.397 e. The number of amides is 1. The Kier molecular flexibility index (Phi) is 3.40. The second-order valence-corrected chi connectivity index (χ2v) is 6.49. The topological polar surface area (TPSA) is 49.6 Å². The van der Waals surface area contributed by atoms with Crippen molar-refractivity contribution in [3.63, 3.8) is 0 Å². The lowest BCUT2D eigenvalue weighted by Crippen LogP contribution is -2.47. The van der Waals surface area contributed by atoms with Crippen LogP contribution in [0.5, 0.6) is 0 Å². The molecule has 20 heavy (non-hydrogen) atoms. The number of rotatable bonds is 1. The van der Waals surface area contributed by atoms with Crippen LogP contribution in [0, 0.1) is 6.92 Å². The number of nitrogens with two attached hydrogens (primary N) is 1. The van der Waals surface area contributed by atoms with E-state index in [4.69, 9.17) is 5.73 Å². The normalized spacial score (nSPS) is 16.8. The van der Waals surface area contributed by atoms with Crippen LogP contribution in [-0.2, 0) is 0 Å². The number of anilines is 1. The van der Waals surface area contributed by atoms with Crippen LogP contribution in [0.15, 0.2) is 18.2 Å². The standard InChI is InChI=1S/C15H19N3OS/c1-10-3-4-12-11(9-10)13(16)14(20-12)15(19)18-7-5-17(2)6-8-18/h3-4,9H,5-8,16H2,1-2H3. The molecule has 2 heterocycles. The summed E-state index contributed by atoms with van der Waals surface area (Å²) in [6.45, 7) is 5.45. The van der Waals surface area contributed by atoms with Crippen LogP contribution in [0.4, 0.5) is 5.69 Å². The van der Waals surface area contributed by atoms with Crippen LogP contribution in [0.25, 0.3) is 10.1 Å². The molecule has 0 unspecified atom stereocenters. The van der Waals surface area contributed by atoms with E-state index in [1.165, 1.54) is 16.9 Å². The Morgan fingerprint density at radius 3 is 2.65 bits per heavy atom. The van der Waals surface area contributed by atoms with E-state index < -0.39 is 0 Å². The van der Waals surface area contributed by atoms with Gasteiger partial charge in [0, 0.05) is 36.3 Å². The number of benzene rings is 1. The van der Waals surface area contributed by atoms with Crippen molar-refractivity contribution in [3.8, 4) is 0 Å². The second-order valence-electron chi connectivity index (χ2n) is 5.44. The van der Waals surface area contributed by atoms with Crippen molar-refractivity contribution in [3.05, 3.63) is 28.6 Å². The van der Waals surface area contributed by atoms with Crippen LogP contribution in [0.2, 0.25) is 0 Å². The number of thiophene rings is 1. The molecular formula is C15H19N3OS. The van der Waals surface area contributed by atoms with Gasteiger partial charge in [-0.2, -0.15) is 0 Å². The van der Waals surface area contributed by atoms with Crippen molar-refractivity contribution in [2.45, 2.75) is 6.92 Å². The van der Waals surface area contributed by atoms with Gasteiger partial charge in [0.05, 0.1) is 5.69 Å². The SMILES string of the molecule is Cc1ccc2sc(C(=O)N3CCN(C)CC3)c(N)c2c1. The molecule has 106 valence electrons. The summed E-state index contributed by atoms with van der Waals surface area (Å²) < 4.78 is 1.09. The quantitative estimate of drug-likeness (QED) is 0.875. The van der Waals surface area contributed by atoms with Crippen molar-refractivity contribution in [2.24, 2.45) is 0 Å². The first-order chi connectivity index (χ1) is 9.56. The lowest BCUT2D eigenvalue weighted by atomic mass is 10.1. The fourth-order valence-corrected chi connectivity index (χ4v) is 3.61. The third kappa shape index (κ3) is 2.27. The van der Waals surface area contributed by atoms with E-state index in [-0.39, 0.29) is 5.91 Å². The predicted molar refractivity (Wildman–Crippen MR) is 84.4 cm³/mol. The molecular weight excluding hydrogens is 270 g/mol. The van der Waals surface area contributed by atoms with E-state index in [1.807, 2.05) is 17.9 Å². The minimum absolute atomic E-state index is 0.0782. The van der Waals surface area contributed by atoms with Crippen molar-refractivity contribution in [1.82, 2.24) is 9.80 Å². The zero-order valence-corrected chi connectivity index (χ0v) is 12.7. The van der Waals surface area contributed by atoms with Gasteiger partial charge < -0.3 is 15.5 Å². The first kappa shape index (κ1) is 13.4. The molecule has 2 N–H and O–H groups in total. The van der Waals surface area contributed by atoms with Gasteiger partial charge in [-0.15, -0.1) is 11.3 Å². The molecule has 1 aliphatic rings. The number of hydrogen-bond acceptors (Lipinski definition) is 4. The minimum atomic E-state index is 0.0782. The predicted octanol–water partition coefficient (Wildman–Crippen LogP) is 2.18. The van der Waals surface area contributed by atoms with Gasteiger partial charge in [0.1, 0.15) is 4.88 Å². The van der Waals surface area contributed by atoms with Crippen molar-refractivity contribution in [2.75, 3.05) is 39.0 Å². The first-order valence-electron chi connectivity index (χ1n) is 6.82. The number of hydrogen-bond donors (Lipinski definition) is 1. The third-order valence-electron chi connectivity index (χ3n) is 3.87. The molecule has 1 aliphatic heterocycles. The summed E-state index contributed by atoms with van der Waals surface area (Å²) in [6, 6.07) is 6.16. The summed E-state index contributed by atoms with van der Waals surface area (Å²) in [6.07, 6.45) is 0. The number of piperazine rings is 1. The fraction of sp³-hybridized carbons (Fsp3) is 0.400. The van der Waals surface area contributed by atoms with Gasteiger partial charge >= 0.3 is 0 Å². The molecule has 4 nitrogen and oxygen atoms in total. The molecule has 5 heteroatoms. The van der Waals surface area contributed by atoms with Crippen molar-refractivity contribution < 1.29 is 4.79 Å². The Balaban J connectivity index is 1.93. The van der Waals surface area contributed by atoms with E-state index in [2.05, 4.69) is 24.1 Å². The summed E-state index contributed by atoms with van der Waals surface area (Å²) in [5.41, 5.74) is 8.00. The van der Waals surface area contributed by atoms with Crippen LogP contribution >= 0.6 is 11.3 Å². The van der Waals surface area contributed by atoms with Crippen molar-refractivity contribution in [1.29, 1.82) is 0 Å². The molecule has 0 spiro atoms. The average Bonchev–Trinajstić information content (AvgIpc) is 2.76. The Bertz CT molecular complexity index is 656. The molecule has 0 saturated carbocycles. The summed E-state index contributed by atoms with van der Waals surface area (Å²) in [4.78, 5) is 17.5. The number of carbonyl (C=O) groups is 1. The summed E-state index contributed by atoms with van der Waals surface area (Å²) in [7, 11) is 2.08. The van der Waals surface area contributed by atoms with E-state index >= 15 is 0 Å². The van der Waals surface area contributed by atoms with Crippen molar-refractivity contribution >= 4 is 33.0 Å². The number of likely N-dealkylation sites (N-methyl/N-ethyl adjacent to an activating group) is 1. The monoisotopic (exact) mass is 289 g/mol. The fourth-order valence-electron chi connectivity index (χ4n) is 2.54. The summed E-state index contributed by atoms with van der Waals surface area (Å²) in [5.74, 6) is 0.0782. The molecule has 1 aromatic heterocycles. The molecule has 1 amide bonds. The third-order valence-corrected chi connectivity index (χ3v) is 5.04. The number of nitrogens with zero attached hydrogens (tertiary/aromatic N) is 2. The Morgan fingerprint density at radius 2 is 1.95 bits per heavy atom. The Labute approximate surface area is 122 Å². The molecule has 0 bridgehead atoms. The lowest BCUT2D eigenvalue weighted by Gasteiger charge is -2.32. The van der Waals surface area contributed by atoms with E-state index in [0.717, 1.165) is 36.3 Å². The number of fused-ring (bicyclic) bond motifs is 1. The maximum absolute atomic E-state index is 12.6. The highest BCUT2D eigenvalue weighted by Gasteiger charge is 2.24. The highest BCUT2D eigenvalue weighted by Crippen LogP contribution is 2.35. The maximum Gasteiger partial charge on any atom is 0.266 e. The molecule has 1 saturated heterocycles. The van der Waals surface area contributed by atoms with Crippen LogP contribution in [0.1, 0.15) is 15.2 Å². The molecule has 2 aromatic rings. The van der Waals surface area contributed by atoms with Gasteiger partial charge in [-0.3, -0.25) is 4.79 Å². The summed E-state index contributed by atoms with van der Waals surface area (Å²) in [5, 5.41) is 1.01. The van der Waals surface area contributed by atoms with Crippen LogP contribution in [-0.4, -0.2) is 48.9 Å². The zero-order valence-electron chi connectivity index (χ0n) is 11.8. The Hall–Kier alpha value is -1.59. The van der Waals surface area contributed by atoms with Gasteiger partial charge in [-0.1, -0.05) is 11.6 Å². The van der Waals surface area contributed by atoms with E-state index in [0.29, 0.717) is 10.6 Å². The molecule has 0 radical (unpaired) electrons. The van der Waals surface area contributed by atoms with Gasteiger partial charge in [0.15, 0.2) is 0 Å². The summed E-state index contributed by atoms with van der Waals surface area (Å²) >= 11 is 1.51. The number of aryl methyl sites for hydroxylation is 1. The molecule has 1 fully saturated rings. The molecule has 0 aliphatic carbocycles. The number of carbonyl (C=O) groups excluding carboxylic acids is 1. The van der Waals surface area contributed by atoms with Gasteiger partial charge in [-0.05, 0) is 26.1 Å². The molecule has 3 rings (SSSR count). The van der Waals surface area contributed by atoms with E-state index in [9.17, 15) is 4.79 Å². The van der Waals surface area contributed by atoms with Gasteiger partial charge in [0.2, 0.25) is 0 Å². The second kappa shape index (κ2) is 5.07. The van der Waals surface area contributed by atoms with E-state index in [1.54, 1.807) is 0 Å². The van der Waals surface area contributed by atoms with Crippen LogP contribution in [0.3, 0.4) is 0 Å². The van der Waals surface area contributed by atoms with Gasteiger partial charge in [-0.25, -0.2) is 0 Å². The highest BCUT2D eigenvalue weighted by atomic mass is 32.1. The largest absolute Gasteiger partial charge is 0.397 e. The van der Waals surface area contributed by atoms with Gasteiger partial charge in [0.25, 0.3) is 5.91 Å². The lowest BCUT2D eigenvalue weighted by molar-refractivity contribution is 0.0670.